The Balaban J connectivity index is 2.35. The molecule has 1 aliphatic rings. The molecule has 0 aromatic heterocycles. The highest BCUT2D eigenvalue weighted by Crippen LogP contribution is 2.37. The Hall–Kier alpha value is -1.29. The molecule has 104 valence electrons. The molecule has 0 spiro atoms. The molecule has 0 heterocycles. The van der Waals surface area contributed by atoms with Gasteiger partial charge in [-0.3, -0.25) is 4.79 Å². The van der Waals surface area contributed by atoms with Crippen molar-refractivity contribution in [3.63, 3.8) is 0 Å². The van der Waals surface area contributed by atoms with E-state index < -0.39 is 17.2 Å². The lowest BCUT2D eigenvalue weighted by Crippen LogP contribution is -2.45. The van der Waals surface area contributed by atoms with Gasteiger partial charge in [-0.05, 0) is 37.3 Å². The van der Waals surface area contributed by atoms with Crippen molar-refractivity contribution in [1.29, 1.82) is 0 Å². The maximum atomic E-state index is 13.7. The molecule has 0 saturated heterocycles. The fraction of sp³-hybridized carbons (Fsp3) is 0.533. The van der Waals surface area contributed by atoms with Gasteiger partial charge in [-0.25, -0.2) is 8.78 Å². The first kappa shape index (κ1) is 14.1. The van der Waals surface area contributed by atoms with Crippen molar-refractivity contribution in [2.24, 2.45) is 5.92 Å². The minimum atomic E-state index is -0.962. The number of rotatable bonds is 3. The molecule has 0 aliphatic heterocycles. The molecule has 0 radical (unpaired) electrons. The van der Waals surface area contributed by atoms with Crippen molar-refractivity contribution in [1.82, 2.24) is 0 Å². The molecular weight excluding hydrogens is 250 g/mol. The number of carbonyl (C=O) groups is 1. The standard InChI is InChI=1S/C15H18F2O2/c1-10-4-3-7-15(9-10,19-2)14(18)12-6-5-11(16)8-13(12)17/h5-6,8,10H,3-4,7,9H2,1-2H3. The van der Waals surface area contributed by atoms with Crippen LogP contribution in [-0.2, 0) is 4.74 Å². The molecule has 0 bridgehead atoms. The third-order valence-corrected chi connectivity index (χ3v) is 3.94. The SMILES string of the molecule is COC1(C(=O)c2ccc(F)cc2F)CCCC(C)C1. The number of halogens is 2. The van der Waals surface area contributed by atoms with Crippen LogP contribution in [0.15, 0.2) is 18.2 Å². The van der Waals surface area contributed by atoms with E-state index in [2.05, 4.69) is 6.92 Å². The molecule has 4 heteroatoms. The van der Waals surface area contributed by atoms with Gasteiger partial charge in [-0.15, -0.1) is 0 Å². The van der Waals surface area contributed by atoms with E-state index in [1.165, 1.54) is 13.2 Å². The van der Waals surface area contributed by atoms with Crippen LogP contribution < -0.4 is 0 Å². The third kappa shape index (κ3) is 2.68. The van der Waals surface area contributed by atoms with E-state index >= 15 is 0 Å². The van der Waals surface area contributed by atoms with Gasteiger partial charge in [0.2, 0.25) is 0 Å². The highest BCUT2D eigenvalue weighted by Gasteiger charge is 2.43. The van der Waals surface area contributed by atoms with Crippen molar-refractivity contribution in [3.8, 4) is 0 Å². The van der Waals surface area contributed by atoms with Gasteiger partial charge in [-0.1, -0.05) is 13.3 Å². The first-order chi connectivity index (χ1) is 8.98. The fourth-order valence-electron chi connectivity index (χ4n) is 2.91. The van der Waals surface area contributed by atoms with Crippen molar-refractivity contribution >= 4 is 5.78 Å². The third-order valence-electron chi connectivity index (χ3n) is 3.94. The topological polar surface area (TPSA) is 26.3 Å². The van der Waals surface area contributed by atoms with Crippen molar-refractivity contribution in [3.05, 3.63) is 35.4 Å². The van der Waals surface area contributed by atoms with Crippen LogP contribution in [0.25, 0.3) is 0 Å². The Morgan fingerprint density at radius 3 is 2.74 bits per heavy atom. The zero-order valence-electron chi connectivity index (χ0n) is 11.2. The summed E-state index contributed by atoms with van der Waals surface area (Å²) in [6.07, 6.45) is 3.09. The maximum Gasteiger partial charge on any atom is 0.197 e. The van der Waals surface area contributed by atoms with E-state index in [1.807, 2.05) is 0 Å². The molecule has 2 atom stereocenters. The zero-order valence-corrected chi connectivity index (χ0v) is 11.2. The lowest BCUT2D eigenvalue weighted by atomic mass is 9.75. The van der Waals surface area contributed by atoms with Crippen LogP contribution in [0.1, 0.15) is 43.0 Å². The molecule has 2 nitrogen and oxygen atoms in total. The second-order valence-electron chi connectivity index (χ2n) is 5.35. The Morgan fingerprint density at radius 1 is 1.42 bits per heavy atom. The number of benzene rings is 1. The average molecular weight is 268 g/mol. The van der Waals surface area contributed by atoms with E-state index in [9.17, 15) is 13.6 Å². The summed E-state index contributed by atoms with van der Waals surface area (Å²) in [7, 11) is 1.48. The predicted molar refractivity (Wildman–Crippen MR) is 68.1 cm³/mol. The van der Waals surface area contributed by atoms with Gasteiger partial charge in [0.1, 0.15) is 17.2 Å². The van der Waals surface area contributed by atoms with Crippen molar-refractivity contribution < 1.29 is 18.3 Å². The van der Waals surface area contributed by atoms with Gasteiger partial charge in [0.15, 0.2) is 5.78 Å². The van der Waals surface area contributed by atoms with Gasteiger partial charge >= 0.3 is 0 Å². The molecule has 2 unspecified atom stereocenters. The van der Waals surface area contributed by atoms with Crippen LogP contribution in [0.4, 0.5) is 8.78 Å². The molecular formula is C15H18F2O2. The van der Waals surface area contributed by atoms with Crippen LogP contribution in [0.3, 0.4) is 0 Å². The van der Waals surface area contributed by atoms with E-state index in [-0.39, 0.29) is 11.3 Å². The van der Waals surface area contributed by atoms with E-state index in [4.69, 9.17) is 4.74 Å². The molecule has 19 heavy (non-hydrogen) atoms. The Morgan fingerprint density at radius 2 is 2.16 bits per heavy atom. The van der Waals surface area contributed by atoms with Crippen molar-refractivity contribution in [2.45, 2.75) is 38.2 Å². The maximum absolute atomic E-state index is 13.7. The lowest BCUT2D eigenvalue weighted by Gasteiger charge is -2.37. The minimum Gasteiger partial charge on any atom is -0.370 e. The van der Waals surface area contributed by atoms with Crippen LogP contribution in [0, 0.1) is 17.6 Å². The van der Waals surface area contributed by atoms with E-state index in [0.29, 0.717) is 18.8 Å². The Kier molecular flexibility index (Phi) is 3.99. The summed E-state index contributed by atoms with van der Waals surface area (Å²) < 4.78 is 32.1. The van der Waals surface area contributed by atoms with Crippen molar-refractivity contribution in [2.75, 3.05) is 7.11 Å². The summed E-state index contributed by atoms with van der Waals surface area (Å²) in [5.41, 5.74) is -1.05. The normalized spacial score (nSPS) is 27.3. The highest BCUT2D eigenvalue weighted by molar-refractivity contribution is 6.02. The zero-order chi connectivity index (χ0) is 14.0. The number of ketones is 1. The highest BCUT2D eigenvalue weighted by atomic mass is 19.1. The summed E-state index contributed by atoms with van der Waals surface area (Å²) >= 11 is 0. The largest absolute Gasteiger partial charge is 0.370 e. The molecule has 0 N–H and O–H groups in total. The molecule has 1 aromatic carbocycles. The molecule has 2 rings (SSSR count). The molecule has 1 aliphatic carbocycles. The fourth-order valence-corrected chi connectivity index (χ4v) is 2.91. The predicted octanol–water partition coefficient (Wildman–Crippen LogP) is 3.74. The van der Waals surface area contributed by atoms with Crippen LogP contribution in [0.2, 0.25) is 0 Å². The molecule has 1 fully saturated rings. The summed E-state index contributed by atoms with van der Waals surface area (Å²) in [4.78, 5) is 12.5. The van der Waals surface area contributed by atoms with E-state index in [0.717, 1.165) is 25.0 Å². The van der Waals surface area contributed by atoms with Crippen LogP contribution in [0.5, 0.6) is 0 Å². The second kappa shape index (κ2) is 5.37. The number of carbonyl (C=O) groups excluding carboxylic acids is 1. The molecule has 0 amide bonds. The number of Topliss-reactive ketones (excluding diaryl/α,β-unsaturated/α-hetero) is 1. The van der Waals surface area contributed by atoms with E-state index in [1.54, 1.807) is 0 Å². The quantitative estimate of drug-likeness (QED) is 0.780. The van der Waals surface area contributed by atoms with Crippen LogP contribution >= 0.6 is 0 Å². The second-order valence-corrected chi connectivity index (χ2v) is 5.35. The lowest BCUT2D eigenvalue weighted by molar-refractivity contribution is -0.0305. The smallest absolute Gasteiger partial charge is 0.197 e. The number of hydrogen-bond donors (Lipinski definition) is 0. The Labute approximate surface area is 111 Å². The Bertz CT molecular complexity index is 487. The molecule has 1 aromatic rings. The first-order valence-corrected chi connectivity index (χ1v) is 6.53. The monoisotopic (exact) mass is 268 g/mol. The van der Waals surface area contributed by atoms with Gasteiger partial charge < -0.3 is 4.74 Å². The van der Waals surface area contributed by atoms with Gasteiger partial charge in [-0.2, -0.15) is 0 Å². The summed E-state index contributed by atoms with van der Waals surface area (Å²) in [6, 6.07) is 3.04. The summed E-state index contributed by atoms with van der Waals surface area (Å²) in [5.74, 6) is -1.52. The number of hydrogen-bond acceptors (Lipinski definition) is 2. The van der Waals surface area contributed by atoms with Gasteiger partial charge in [0.05, 0.1) is 5.56 Å². The first-order valence-electron chi connectivity index (χ1n) is 6.53. The van der Waals surface area contributed by atoms with Gasteiger partial charge in [0.25, 0.3) is 0 Å². The van der Waals surface area contributed by atoms with Gasteiger partial charge in [0, 0.05) is 13.2 Å². The minimum absolute atomic E-state index is 0.0858. The average Bonchev–Trinajstić information content (AvgIpc) is 2.38. The number of methoxy groups -OCH3 is 1. The molecule has 1 saturated carbocycles. The number of ether oxygens (including phenoxy) is 1. The van der Waals surface area contributed by atoms with Crippen LogP contribution in [-0.4, -0.2) is 18.5 Å². The summed E-state index contributed by atoms with van der Waals surface area (Å²) in [5, 5.41) is 0. The summed E-state index contributed by atoms with van der Waals surface area (Å²) in [6.45, 7) is 2.06.